The number of nitriles is 1. The van der Waals surface area contributed by atoms with Gasteiger partial charge in [0.05, 0.1) is 17.8 Å². The van der Waals surface area contributed by atoms with Crippen LogP contribution in [0.5, 0.6) is 0 Å². The van der Waals surface area contributed by atoms with E-state index in [1.165, 1.54) is 28.8 Å². The lowest BCUT2D eigenvalue weighted by Gasteiger charge is -2.19. The monoisotopic (exact) mass is 607 g/mol. The lowest BCUT2D eigenvalue weighted by molar-refractivity contribution is -0.137. The number of hydrogen-bond acceptors (Lipinski definition) is 4. The molecule has 2 N–H and O–H groups in total. The maximum absolute atomic E-state index is 14.2. The Labute approximate surface area is 244 Å². The molecular formula is C30H15ClF5N5O2. The smallest absolute Gasteiger partial charge is 0.341 e. The molecule has 0 aliphatic carbocycles. The van der Waals surface area contributed by atoms with Crippen molar-refractivity contribution >= 4 is 34.7 Å². The number of anilines is 1. The van der Waals surface area contributed by atoms with Gasteiger partial charge in [-0.3, -0.25) is 14.0 Å². The predicted molar refractivity (Wildman–Crippen MR) is 145 cm³/mol. The normalized spacial score (nSPS) is 14.3. The van der Waals surface area contributed by atoms with Gasteiger partial charge in [0.2, 0.25) is 0 Å². The summed E-state index contributed by atoms with van der Waals surface area (Å²) in [6.45, 7) is 0. The fraction of sp³-hybridized carbons (Fsp3) is 0.0667. The van der Waals surface area contributed by atoms with Crippen LogP contribution < -0.4 is 10.6 Å². The van der Waals surface area contributed by atoms with Crippen molar-refractivity contribution in [2.45, 2.75) is 12.2 Å². The number of hydrogen-bond donors (Lipinski definition) is 2. The molecule has 214 valence electrons. The second-order valence-corrected chi connectivity index (χ2v) is 10.0. The summed E-state index contributed by atoms with van der Waals surface area (Å²) in [6, 6.07) is 12.2. The summed E-state index contributed by atoms with van der Waals surface area (Å²) < 4.78 is 69.9. The van der Waals surface area contributed by atoms with Crippen molar-refractivity contribution in [2.24, 2.45) is 0 Å². The Bertz CT molecular complexity index is 2030. The third-order valence-electron chi connectivity index (χ3n) is 6.95. The zero-order valence-corrected chi connectivity index (χ0v) is 22.2. The molecule has 0 spiro atoms. The van der Waals surface area contributed by atoms with Gasteiger partial charge in [-0.1, -0.05) is 11.6 Å². The Morgan fingerprint density at radius 2 is 1.81 bits per heavy atom. The average Bonchev–Trinajstić information content (AvgIpc) is 3.53. The van der Waals surface area contributed by atoms with Crippen molar-refractivity contribution in [3.05, 3.63) is 123 Å². The van der Waals surface area contributed by atoms with Crippen LogP contribution in [0, 0.1) is 23.0 Å². The molecule has 0 saturated heterocycles. The highest BCUT2D eigenvalue weighted by atomic mass is 35.5. The lowest BCUT2D eigenvalue weighted by Crippen LogP contribution is -2.21. The molecule has 0 fully saturated rings. The third kappa shape index (κ3) is 5.04. The molecule has 1 aliphatic rings. The number of carbonyl (C=O) groups is 2. The quantitative estimate of drug-likeness (QED) is 0.217. The number of amides is 2. The number of alkyl halides is 3. The first-order valence-electron chi connectivity index (χ1n) is 12.4. The molecule has 0 unspecified atom stereocenters. The van der Waals surface area contributed by atoms with Crippen LogP contribution in [0.3, 0.4) is 0 Å². The van der Waals surface area contributed by atoms with Crippen LogP contribution in [0.1, 0.15) is 49.1 Å². The highest BCUT2D eigenvalue weighted by Crippen LogP contribution is 2.42. The molecule has 7 nitrogen and oxygen atoms in total. The number of benzene rings is 3. The summed E-state index contributed by atoms with van der Waals surface area (Å²) in [6.07, 6.45) is -1.95. The Balaban J connectivity index is 1.52. The molecule has 0 radical (unpaired) electrons. The van der Waals surface area contributed by atoms with Crippen LogP contribution in [0.15, 0.2) is 73.1 Å². The highest BCUT2D eigenvalue weighted by Gasteiger charge is 2.36. The van der Waals surface area contributed by atoms with Crippen LogP contribution in [-0.4, -0.2) is 21.2 Å². The zero-order valence-electron chi connectivity index (χ0n) is 21.4. The van der Waals surface area contributed by atoms with E-state index in [0.29, 0.717) is 28.9 Å². The Morgan fingerprint density at radius 1 is 1.02 bits per heavy atom. The van der Waals surface area contributed by atoms with Gasteiger partial charge in [-0.15, -0.1) is 0 Å². The molecule has 5 aromatic rings. The Kier molecular flexibility index (Phi) is 6.62. The number of nitrogens with zero attached hydrogens (tertiary/aromatic N) is 3. The Morgan fingerprint density at radius 3 is 2.56 bits per heavy atom. The lowest BCUT2D eigenvalue weighted by atomic mass is 9.93. The van der Waals surface area contributed by atoms with Gasteiger partial charge in [-0.2, -0.15) is 18.4 Å². The fourth-order valence-electron chi connectivity index (χ4n) is 4.99. The maximum atomic E-state index is 14.2. The minimum Gasteiger partial charge on any atom is -0.341 e. The van der Waals surface area contributed by atoms with Crippen LogP contribution >= 0.6 is 11.6 Å². The zero-order chi connectivity index (χ0) is 30.6. The molecule has 1 aliphatic heterocycles. The van der Waals surface area contributed by atoms with E-state index in [1.807, 2.05) is 6.07 Å². The van der Waals surface area contributed by atoms with Crippen molar-refractivity contribution in [3.63, 3.8) is 0 Å². The van der Waals surface area contributed by atoms with E-state index in [1.54, 1.807) is 18.3 Å². The van der Waals surface area contributed by atoms with Gasteiger partial charge in [0.1, 0.15) is 29.0 Å². The molecule has 1 atom stereocenters. The van der Waals surface area contributed by atoms with Gasteiger partial charge in [0.25, 0.3) is 11.8 Å². The number of pyridine rings is 1. The minimum atomic E-state index is -4.91. The van der Waals surface area contributed by atoms with E-state index in [2.05, 4.69) is 15.6 Å². The molecule has 0 bridgehead atoms. The van der Waals surface area contributed by atoms with Gasteiger partial charge in [-0.25, -0.2) is 13.8 Å². The minimum absolute atomic E-state index is 0.0229. The van der Waals surface area contributed by atoms with Crippen LogP contribution in [0.4, 0.5) is 27.6 Å². The third-order valence-corrected chi connectivity index (χ3v) is 7.29. The molecule has 2 amide bonds. The van der Waals surface area contributed by atoms with Crippen molar-refractivity contribution in [2.75, 3.05) is 5.32 Å². The topological polar surface area (TPSA) is 99.3 Å². The summed E-state index contributed by atoms with van der Waals surface area (Å²) in [4.78, 5) is 30.6. The van der Waals surface area contributed by atoms with E-state index in [9.17, 15) is 36.8 Å². The van der Waals surface area contributed by atoms with Crippen LogP contribution in [0.25, 0.3) is 16.8 Å². The molecular weight excluding hydrogens is 593 g/mol. The van der Waals surface area contributed by atoms with Crippen molar-refractivity contribution < 1.29 is 31.5 Å². The van der Waals surface area contributed by atoms with Gasteiger partial charge >= 0.3 is 6.18 Å². The van der Waals surface area contributed by atoms with Crippen LogP contribution in [-0.2, 0) is 6.18 Å². The fourth-order valence-corrected chi connectivity index (χ4v) is 5.21. The average molecular weight is 608 g/mol. The van der Waals surface area contributed by atoms with E-state index < -0.39 is 46.8 Å². The number of halogens is 6. The summed E-state index contributed by atoms with van der Waals surface area (Å²) in [7, 11) is 0. The summed E-state index contributed by atoms with van der Waals surface area (Å²) in [5, 5.41) is 14.7. The SMILES string of the molecule is N#Cc1cnc2ccc(-c3cc(NC(=O)c4cc(F)cc(C(F)(F)F)c4)c4c(c3)C(=O)N[C@@H]4c3cc(F)ccc3Cl)cn12. The largest absolute Gasteiger partial charge is 0.416 e. The maximum Gasteiger partial charge on any atom is 0.416 e. The van der Waals surface area contributed by atoms with Crippen molar-refractivity contribution in [1.29, 1.82) is 5.26 Å². The van der Waals surface area contributed by atoms with Gasteiger partial charge in [0.15, 0.2) is 0 Å². The number of imidazole rings is 1. The number of rotatable bonds is 4. The molecule has 2 aromatic heterocycles. The van der Waals surface area contributed by atoms with Crippen molar-refractivity contribution in [1.82, 2.24) is 14.7 Å². The number of nitrogens with one attached hydrogen (secondary N) is 2. The summed E-state index contributed by atoms with van der Waals surface area (Å²) >= 11 is 6.33. The molecule has 13 heteroatoms. The van der Waals surface area contributed by atoms with Gasteiger partial charge in [0, 0.05) is 39.2 Å². The molecule has 0 saturated carbocycles. The summed E-state index contributed by atoms with van der Waals surface area (Å²) in [5.41, 5.74) is -0.0246. The number of aromatic nitrogens is 2. The molecule has 6 rings (SSSR count). The van der Waals surface area contributed by atoms with Crippen molar-refractivity contribution in [3.8, 4) is 17.2 Å². The standard InChI is InChI=1S/C30H15ClF5N5O2/c31-23-3-2-18(32)10-21(23)27-26-22(29(43)40-27)7-15(14-1-4-25-38-12-20(11-37)41(25)13-14)8-24(26)39-28(42)16-5-17(30(34,35)36)9-19(33)6-16/h1-10,12-13,27H,(H,39,42)(H,40,43)/t27-/m1/s1. The van der Waals surface area contributed by atoms with E-state index in [0.717, 1.165) is 12.1 Å². The number of fused-ring (bicyclic) bond motifs is 2. The first kappa shape index (κ1) is 27.9. The highest BCUT2D eigenvalue weighted by molar-refractivity contribution is 6.31. The predicted octanol–water partition coefficient (Wildman–Crippen LogP) is 6.91. The molecule has 43 heavy (non-hydrogen) atoms. The van der Waals surface area contributed by atoms with E-state index in [-0.39, 0.29) is 39.2 Å². The van der Waals surface area contributed by atoms with E-state index >= 15 is 0 Å². The Hall–Kier alpha value is -5.28. The first-order chi connectivity index (χ1) is 20.4. The summed E-state index contributed by atoms with van der Waals surface area (Å²) in [5.74, 6) is -3.61. The van der Waals surface area contributed by atoms with Gasteiger partial charge < -0.3 is 10.6 Å². The molecule has 3 heterocycles. The first-order valence-corrected chi connectivity index (χ1v) is 12.8. The second-order valence-electron chi connectivity index (χ2n) is 9.64. The molecule has 3 aromatic carbocycles. The number of carbonyl (C=O) groups excluding carboxylic acids is 2. The van der Waals surface area contributed by atoms with Gasteiger partial charge in [-0.05, 0) is 71.8 Å². The second kappa shape index (κ2) is 10.2. The van der Waals surface area contributed by atoms with E-state index in [4.69, 9.17) is 11.6 Å². The van der Waals surface area contributed by atoms with Crippen LogP contribution in [0.2, 0.25) is 5.02 Å².